The zero-order valence-electron chi connectivity index (χ0n) is 15.0. The third kappa shape index (κ3) is 3.19. The zero-order chi connectivity index (χ0) is 18.0. The van der Waals surface area contributed by atoms with Crippen LogP contribution in [0.2, 0.25) is 0 Å². The van der Waals surface area contributed by atoms with E-state index in [0.29, 0.717) is 6.54 Å². The Balaban J connectivity index is 1.61. The molecule has 4 nitrogen and oxygen atoms in total. The number of para-hydroxylation sites is 2. The van der Waals surface area contributed by atoms with E-state index in [4.69, 9.17) is 4.99 Å². The molecule has 134 valence electrons. The summed E-state index contributed by atoms with van der Waals surface area (Å²) in [6, 6.07) is 16.1. The molecule has 1 fully saturated rings. The second kappa shape index (κ2) is 6.87. The van der Waals surface area contributed by atoms with Gasteiger partial charge in [-0.25, -0.2) is 0 Å². The average molecular weight is 347 g/mol. The summed E-state index contributed by atoms with van der Waals surface area (Å²) in [6.45, 7) is 4.18. The molecule has 26 heavy (non-hydrogen) atoms. The number of aliphatic hydroxyl groups is 1. The van der Waals surface area contributed by atoms with Crippen molar-refractivity contribution in [1.29, 1.82) is 0 Å². The maximum atomic E-state index is 9.47. The molecule has 4 heteroatoms. The van der Waals surface area contributed by atoms with Gasteiger partial charge in [-0.15, -0.1) is 0 Å². The van der Waals surface area contributed by atoms with Crippen LogP contribution in [0.3, 0.4) is 0 Å². The molecule has 0 atom stereocenters. The van der Waals surface area contributed by atoms with Crippen molar-refractivity contribution in [3.05, 3.63) is 66.2 Å². The molecular formula is C22H25N3O. The summed E-state index contributed by atoms with van der Waals surface area (Å²) < 4.78 is 0. The van der Waals surface area contributed by atoms with Crippen LogP contribution in [0.1, 0.15) is 43.2 Å². The lowest BCUT2D eigenvalue weighted by atomic mass is 9.79. The Morgan fingerprint density at radius 2 is 1.69 bits per heavy atom. The Hall–Kier alpha value is -2.75. The van der Waals surface area contributed by atoms with E-state index in [1.165, 1.54) is 24.9 Å². The fourth-order valence-electron chi connectivity index (χ4n) is 3.95. The number of hydrogen-bond donors (Lipinski definition) is 3. The molecule has 3 N–H and O–H groups in total. The van der Waals surface area contributed by atoms with E-state index in [0.717, 1.165) is 35.5 Å². The molecule has 1 heterocycles. The number of hydrogen-bond acceptors (Lipinski definition) is 3. The molecule has 0 bridgehead atoms. The zero-order valence-corrected chi connectivity index (χ0v) is 15.0. The minimum Gasteiger partial charge on any atom is -0.508 e. The quantitative estimate of drug-likeness (QED) is 0.656. The summed E-state index contributed by atoms with van der Waals surface area (Å²) in [6.07, 6.45) is 5.96. The van der Waals surface area contributed by atoms with Gasteiger partial charge in [0.05, 0.1) is 23.5 Å². The van der Waals surface area contributed by atoms with Crippen LogP contribution in [0.5, 0.6) is 0 Å². The van der Waals surface area contributed by atoms with E-state index in [-0.39, 0.29) is 11.3 Å². The van der Waals surface area contributed by atoms with Gasteiger partial charge in [0.1, 0.15) is 11.6 Å². The summed E-state index contributed by atoms with van der Waals surface area (Å²) in [5.74, 6) is 1.14. The lowest BCUT2D eigenvalue weighted by molar-refractivity contribution is 0.403. The van der Waals surface area contributed by atoms with Crippen LogP contribution in [0.15, 0.2) is 60.1 Å². The minimum atomic E-state index is -0.0775. The molecule has 1 aliphatic heterocycles. The van der Waals surface area contributed by atoms with E-state index in [9.17, 15) is 5.11 Å². The predicted molar refractivity (Wildman–Crippen MR) is 109 cm³/mol. The lowest BCUT2D eigenvalue weighted by Gasteiger charge is -2.44. The molecule has 2 aromatic rings. The van der Waals surface area contributed by atoms with E-state index >= 15 is 0 Å². The van der Waals surface area contributed by atoms with Gasteiger partial charge in [-0.05, 0) is 30.5 Å². The molecule has 0 unspecified atom stereocenters. The van der Waals surface area contributed by atoms with Gasteiger partial charge in [0.15, 0.2) is 0 Å². The lowest BCUT2D eigenvalue weighted by Crippen LogP contribution is -2.53. The van der Waals surface area contributed by atoms with Crippen molar-refractivity contribution in [3.63, 3.8) is 0 Å². The second-order valence-corrected chi connectivity index (χ2v) is 7.25. The highest BCUT2D eigenvalue weighted by atomic mass is 16.3. The van der Waals surface area contributed by atoms with Gasteiger partial charge in [-0.1, -0.05) is 62.2 Å². The molecular weight excluding hydrogens is 322 g/mol. The van der Waals surface area contributed by atoms with Crippen LogP contribution in [-0.4, -0.2) is 16.5 Å². The van der Waals surface area contributed by atoms with E-state index in [1.807, 2.05) is 30.3 Å². The van der Waals surface area contributed by atoms with Crippen LogP contribution < -0.4 is 10.6 Å². The van der Waals surface area contributed by atoms with Crippen molar-refractivity contribution in [3.8, 4) is 0 Å². The normalized spacial score (nSPS) is 19.5. The monoisotopic (exact) mass is 347 g/mol. The number of fused-ring (bicyclic) bond motifs is 1. The Labute approximate surface area is 154 Å². The molecule has 1 spiro atoms. The molecule has 0 amide bonds. The number of anilines is 2. The van der Waals surface area contributed by atoms with Gasteiger partial charge in [0.2, 0.25) is 0 Å². The second-order valence-electron chi connectivity index (χ2n) is 7.25. The number of benzene rings is 2. The van der Waals surface area contributed by atoms with Crippen molar-refractivity contribution >= 4 is 23.0 Å². The summed E-state index contributed by atoms with van der Waals surface area (Å²) in [4.78, 5) is 4.96. The van der Waals surface area contributed by atoms with E-state index < -0.39 is 0 Å². The Bertz CT molecular complexity index is 833. The van der Waals surface area contributed by atoms with Gasteiger partial charge in [0, 0.05) is 5.56 Å². The molecule has 2 aromatic carbocycles. The first kappa shape index (κ1) is 16.7. The predicted octanol–water partition coefficient (Wildman–Crippen LogP) is 5.35. The van der Waals surface area contributed by atoms with Crippen LogP contribution in [0.25, 0.3) is 5.76 Å². The maximum absolute atomic E-state index is 9.47. The minimum absolute atomic E-state index is 0.0775. The highest BCUT2D eigenvalue weighted by Crippen LogP contribution is 2.39. The first-order chi connectivity index (χ1) is 12.7. The van der Waals surface area contributed by atoms with Crippen LogP contribution >= 0.6 is 0 Å². The topological polar surface area (TPSA) is 56.7 Å². The maximum Gasteiger partial charge on any atom is 0.127 e. The fourth-order valence-corrected chi connectivity index (χ4v) is 3.95. The van der Waals surface area contributed by atoms with Crippen molar-refractivity contribution in [2.75, 3.05) is 10.6 Å². The molecule has 4 rings (SSSR count). The van der Waals surface area contributed by atoms with Crippen molar-refractivity contribution in [2.24, 2.45) is 4.99 Å². The van der Waals surface area contributed by atoms with E-state index in [1.54, 1.807) is 0 Å². The van der Waals surface area contributed by atoms with Crippen molar-refractivity contribution in [1.82, 2.24) is 0 Å². The third-order valence-electron chi connectivity index (χ3n) is 5.42. The molecule has 2 aliphatic rings. The summed E-state index contributed by atoms with van der Waals surface area (Å²) >= 11 is 0. The van der Waals surface area contributed by atoms with Crippen LogP contribution in [0.4, 0.5) is 11.4 Å². The highest BCUT2D eigenvalue weighted by Gasteiger charge is 2.40. The number of nitrogens with one attached hydrogen (secondary N) is 2. The third-order valence-corrected chi connectivity index (χ3v) is 5.42. The molecule has 0 radical (unpaired) electrons. The van der Waals surface area contributed by atoms with Gasteiger partial charge in [-0.3, -0.25) is 4.99 Å². The number of amidine groups is 1. The molecule has 1 saturated carbocycles. The first-order valence-corrected chi connectivity index (χ1v) is 9.33. The standard InChI is InChI=1S/C22H25N3O/c1-16(26)18-11-9-17(10-12-18)15-23-21-22(13-5-2-6-14-22)25-20-8-4-3-7-19(20)24-21/h3-4,7-12,25-26H,1-2,5-6,13-15H2,(H,23,24). The molecule has 0 aromatic heterocycles. The Morgan fingerprint density at radius 3 is 2.38 bits per heavy atom. The number of rotatable bonds is 3. The van der Waals surface area contributed by atoms with Crippen molar-refractivity contribution < 1.29 is 5.11 Å². The van der Waals surface area contributed by atoms with Gasteiger partial charge >= 0.3 is 0 Å². The van der Waals surface area contributed by atoms with Gasteiger partial charge in [0.25, 0.3) is 0 Å². The SMILES string of the molecule is C=C(O)c1ccc(CN=C2Nc3ccccc3NC23CCCCC3)cc1. The Morgan fingerprint density at radius 1 is 1.00 bits per heavy atom. The smallest absolute Gasteiger partial charge is 0.127 e. The van der Waals surface area contributed by atoms with Crippen molar-refractivity contribution in [2.45, 2.75) is 44.2 Å². The van der Waals surface area contributed by atoms with E-state index in [2.05, 4.69) is 35.4 Å². The number of aliphatic imine (C=N–C) groups is 1. The highest BCUT2D eigenvalue weighted by molar-refractivity contribution is 6.09. The summed E-state index contributed by atoms with van der Waals surface area (Å²) in [5.41, 5.74) is 4.05. The summed E-state index contributed by atoms with van der Waals surface area (Å²) in [7, 11) is 0. The van der Waals surface area contributed by atoms with Gasteiger partial charge < -0.3 is 15.7 Å². The molecule has 1 aliphatic carbocycles. The fraction of sp³-hybridized carbons (Fsp3) is 0.318. The van der Waals surface area contributed by atoms with Crippen LogP contribution in [0, 0.1) is 0 Å². The number of aliphatic hydroxyl groups excluding tert-OH is 1. The largest absolute Gasteiger partial charge is 0.508 e. The Kier molecular flexibility index (Phi) is 4.41. The molecule has 0 saturated heterocycles. The van der Waals surface area contributed by atoms with Gasteiger partial charge in [-0.2, -0.15) is 0 Å². The average Bonchev–Trinajstić information content (AvgIpc) is 2.67. The van der Waals surface area contributed by atoms with Crippen LogP contribution in [-0.2, 0) is 6.54 Å². The first-order valence-electron chi connectivity index (χ1n) is 9.33. The summed E-state index contributed by atoms with van der Waals surface area (Å²) in [5, 5.41) is 16.8. The number of nitrogens with zero attached hydrogens (tertiary/aromatic N) is 1.